The minimum Gasteiger partial charge on any atom is -0.496 e. The van der Waals surface area contributed by atoms with Crippen molar-refractivity contribution in [2.75, 3.05) is 12.4 Å². The number of rotatable bonds is 4. The van der Waals surface area contributed by atoms with E-state index in [0.717, 1.165) is 5.56 Å². The molecule has 0 spiro atoms. The van der Waals surface area contributed by atoms with Crippen molar-refractivity contribution in [2.45, 2.75) is 6.92 Å². The molecule has 0 aliphatic carbocycles. The van der Waals surface area contributed by atoms with Gasteiger partial charge in [0.15, 0.2) is 0 Å². The normalized spacial score (nSPS) is 10.1. The first-order valence-electron chi connectivity index (χ1n) is 6.32. The molecule has 0 saturated heterocycles. The van der Waals surface area contributed by atoms with Crippen LogP contribution in [0.3, 0.4) is 0 Å². The predicted molar refractivity (Wildman–Crippen MR) is 83.8 cm³/mol. The molecule has 0 radical (unpaired) electrons. The lowest BCUT2D eigenvalue weighted by atomic mass is 10.1. The van der Waals surface area contributed by atoms with Crippen LogP contribution < -0.4 is 10.1 Å². The van der Waals surface area contributed by atoms with Gasteiger partial charge in [-0.25, -0.2) is 0 Å². The molecule has 22 heavy (non-hydrogen) atoms. The molecule has 0 unspecified atom stereocenters. The molecule has 0 saturated carbocycles. The summed E-state index contributed by atoms with van der Waals surface area (Å²) in [7, 11) is 1.47. The van der Waals surface area contributed by atoms with Crippen molar-refractivity contribution in [2.24, 2.45) is 0 Å². The fraction of sp³-hybridized carbons (Fsp3) is 0.133. The summed E-state index contributed by atoms with van der Waals surface area (Å²) in [6.07, 6.45) is 0. The number of nitrogens with zero attached hydrogens (tertiary/aromatic N) is 1. The van der Waals surface area contributed by atoms with Crippen LogP contribution in [0.5, 0.6) is 5.75 Å². The zero-order chi connectivity index (χ0) is 16.3. The summed E-state index contributed by atoms with van der Waals surface area (Å²) in [6, 6.07) is 9.26. The number of hydrogen-bond acceptors (Lipinski definition) is 4. The maximum absolute atomic E-state index is 12.3. The van der Waals surface area contributed by atoms with E-state index >= 15 is 0 Å². The number of carbonyl (C=O) groups excluding carboxylic acids is 1. The standard InChI is InChI=1S/C15H13ClN2O4/c1-9-3-6-14(22-2)11(7-9)15(19)17-10-4-5-12(16)13(8-10)18(20)21/h3-8H,1-2H3,(H,17,19). The van der Waals surface area contributed by atoms with Crippen LogP contribution in [-0.4, -0.2) is 17.9 Å². The smallest absolute Gasteiger partial charge is 0.289 e. The summed E-state index contributed by atoms with van der Waals surface area (Å²) < 4.78 is 5.15. The van der Waals surface area contributed by atoms with Crippen LogP contribution >= 0.6 is 11.6 Å². The topological polar surface area (TPSA) is 81.5 Å². The molecule has 7 heteroatoms. The molecule has 1 amide bonds. The number of benzene rings is 2. The average Bonchev–Trinajstić information content (AvgIpc) is 2.48. The molecular formula is C15H13ClN2O4. The molecule has 0 heterocycles. The molecule has 0 aromatic heterocycles. The fourth-order valence-corrected chi connectivity index (χ4v) is 2.11. The second-order valence-corrected chi connectivity index (χ2v) is 4.99. The number of amides is 1. The zero-order valence-corrected chi connectivity index (χ0v) is 12.7. The van der Waals surface area contributed by atoms with E-state index in [4.69, 9.17) is 16.3 Å². The third-order valence-electron chi connectivity index (χ3n) is 3.00. The molecule has 2 aromatic carbocycles. The van der Waals surface area contributed by atoms with Crippen LogP contribution in [0.25, 0.3) is 0 Å². The van der Waals surface area contributed by atoms with Gasteiger partial charge in [0.25, 0.3) is 11.6 Å². The SMILES string of the molecule is COc1ccc(C)cc1C(=O)Nc1ccc(Cl)c([N+](=O)[O-])c1. The van der Waals surface area contributed by atoms with Crippen LogP contribution in [-0.2, 0) is 0 Å². The number of aryl methyl sites for hydroxylation is 1. The van der Waals surface area contributed by atoms with Gasteiger partial charge in [0, 0.05) is 11.8 Å². The Kier molecular flexibility index (Phi) is 4.62. The third-order valence-corrected chi connectivity index (χ3v) is 3.32. The van der Waals surface area contributed by atoms with Gasteiger partial charge >= 0.3 is 0 Å². The van der Waals surface area contributed by atoms with Gasteiger partial charge in [0.05, 0.1) is 17.6 Å². The fourth-order valence-electron chi connectivity index (χ4n) is 1.93. The minimum atomic E-state index is -0.606. The lowest BCUT2D eigenvalue weighted by molar-refractivity contribution is -0.384. The number of hydrogen-bond donors (Lipinski definition) is 1. The number of nitro groups is 1. The van der Waals surface area contributed by atoms with Gasteiger partial charge in [-0.15, -0.1) is 0 Å². The van der Waals surface area contributed by atoms with E-state index in [-0.39, 0.29) is 16.4 Å². The molecule has 0 fully saturated rings. The first kappa shape index (κ1) is 15.8. The van der Waals surface area contributed by atoms with Crippen LogP contribution in [0.4, 0.5) is 11.4 Å². The van der Waals surface area contributed by atoms with Crippen LogP contribution in [0.1, 0.15) is 15.9 Å². The van der Waals surface area contributed by atoms with Crippen molar-refractivity contribution >= 4 is 28.9 Å². The van der Waals surface area contributed by atoms with Crippen molar-refractivity contribution in [1.82, 2.24) is 0 Å². The monoisotopic (exact) mass is 320 g/mol. The minimum absolute atomic E-state index is 0.0103. The third kappa shape index (κ3) is 3.35. The summed E-state index contributed by atoms with van der Waals surface area (Å²) in [5.41, 5.74) is 1.26. The molecule has 2 aromatic rings. The number of nitrogens with one attached hydrogen (secondary N) is 1. The molecular weight excluding hydrogens is 308 g/mol. The Bertz CT molecular complexity index is 746. The Morgan fingerprint density at radius 2 is 2.00 bits per heavy atom. The molecule has 0 bridgehead atoms. The molecule has 6 nitrogen and oxygen atoms in total. The number of anilines is 1. The van der Waals surface area contributed by atoms with E-state index in [0.29, 0.717) is 11.3 Å². The molecule has 0 aliphatic rings. The number of nitro benzene ring substituents is 1. The van der Waals surface area contributed by atoms with Crippen LogP contribution in [0, 0.1) is 17.0 Å². The van der Waals surface area contributed by atoms with Crippen molar-refractivity contribution in [3.05, 3.63) is 62.7 Å². The summed E-state index contributed by atoms with van der Waals surface area (Å²) in [4.78, 5) is 22.6. The molecule has 0 atom stereocenters. The highest BCUT2D eigenvalue weighted by Gasteiger charge is 2.16. The molecule has 1 N–H and O–H groups in total. The summed E-state index contributed by atoms with van der Waals surface area (Å²) in [5, 5.41) is 13.5. The van der Waals surface area contributed by atoms with Crippen molar-refractivity contribution < 1.29 is 14.5 Å². The second kappa shape index (κ2) is 6.44. The first-order valence-corrected chi connectivity index (χ1v) is 6.70. The zero-order valence-electron chi connectivity index (χ0n) is 11.9. The van der Waals surface area contributed by atoms with Gasteiger partial charge in [0.2, 0.25) is 0 Å². The number of ether oxygens (including phenoxy) is 1. The van der Waals surface area contributed by atoms with E-state index < -0.39 is 10.8 Å². The van der Waals surface area contributed by atoms with E-state index in [1.54, 1.807) is 12.1 Å². The summed E-state index contributed by atoms with van der Waals surface area (Å²) in [6.45, 7) is 1.85. The maximum atomic E-state index is 12.3. The lowest BCUT2D eigenvalue weighted by Gasteiger charge is -2.10. The van der Waals surface area contributed by atoms with Crippen LogP contribution in [0.2, 0.25) is 5.02 Å². The predicted octanol–water partition coefficient (Wildman–Crippen LogP) is 3.82. The van der Waals surface area contributed by atoms with E-state index in [9.17, 15) is 14.9 Å². The summed E-state index contributed by atoms with van der Waals surface area (Å²) >= 11 is 5.74. The quantitative estimate of drug-likeness (QED) is 0.686. The Labute approximate surface area is 131 Å². The van der Waals surface area contributed by atoms with Gasteiger partial charge < -0.3 is 10.1 Å². The van der Waals surface area contributed by atoms with Crippen molar-refractivity contribution in [1.29, 1.82) is 0 Å². The largest absolute Gasteiger partial charge is 0.496 e. The van der Waals surface area contributed by atoms with E-state index in [2.05, 4.69) is 5.32 Å². The highest BCUT2D eigenvalue weighted by Crippen LogP contribution is 2.28. The highest BCUT2D eigenvalue weighted by atomic mass is 35.5. The lowest BCUT2D eigenvalue weighted by Crippen LogP contribution is -2.13. The highest BCUT2D eigenvalue weighted by molar-refractivity contribution is 6.32. The van der Waals surface area contributed by atoms with Crippen molar-refractivity contribution in [3.63, 3.8) is 0 Å². The van der Waals surface area contributed by atoms with Gasteiger partial charge in [-0.1, -0.05) is 23.2 Å². The summed E-state index contributed by atoms with van der Waals surface area (Å²) in [5.74, 6) is 0.00346. The van der Waals surface area contributed by atoms with Gasteiger partial charge in [-0.2, -0.15) is 0 Å². The van der Waals surface area contributed by atoms with Gasteiger partial charge in [-0.3, -0.25) is 14.9 Å². The molecule has 2 rings (SSSR count). The average molecular weight is 321 g/mol. The van der Waals surface area contributed by atoms with E-state index in [1.807, 2.05) is 13.0 Å². The Balaban J connectivity index is 2.31. The Morgan fingerprint density at radius 1 is 1.27 bits per heavy atom. The Morgan fingerprint density at radius 3 is 2.64 bits per heavy atom. The van der Waals surface area contributed by atoms with E-state index in [1.165, 1.54) is 25.3 Å². The number of carbonyl (C=O) groups is 1. The Hall–Kier alpha value is -2.60. The number of halogens is 1. The number of methoxy groups -OCH3 is 1. The van der Waals surface area contributed by atoms with Gasteiger partial charge in [0.1, 0.15) is 10.8 Å². The second-order valence-electron chi connectivity index (χ2n) is 4.58. The van der Waals surface area contributed by atoms with Crippen molar-refractivity contribution in [3.8, 4) is 5.75 Å². The maximum Gasteiger partial charge on any atom is 0.289 e. The van der Waals surface area contributed by atoms with Crippen LogP contribution in [0.15, 0.2) is 36.4 Å². The molecule has 114 valence electrons. The van der Waals surface area contributed by atoms with Gasteiger partial charge in [-0.05, 0) is 31.2 Å². The first-order chi connectivity index (χ1) is 10.4. The molecule has 0 aliphatic heterocycles.